The van der Waals surface area contributed by atoms with E-state index in [0.29, 0.717) is 25.5 Å². The number of aryl methyl sites for hydroxylation is 1. The predicted octanol–water partition coefficient (Wildman–Crippen LogP) is 8.45. The molecule has 0 unspecified atom stereocenters. The highest BCUT2D eigenvalue weighted by Gasteiger charge is 2.19. The summed E-state index contributed by atoms with van der Waals surface area (Å²) in [4.78, 5) is 15.6. The number of alkyl halides is 1. The molecular formula is C39H46FN5O3S. The second-order valence-electron chi connectivity index (χ2n) is 12.4. The molecule has 1 N–H and O–H groups in total. The van der Waals surface area contributed by atoms with E-state index in [-0.39, 0.29) is 0 Å². The van der Waals surface area contributed by atoms with Crippen molar-refractivity contribution in [2.24, 2.45) is 0 Å². The number of fused-ring (bicyclic) bond motifs is 2. The third kappa shape index (κ3) is 8.66. The Morgan fingerprint density at radius 1 is 0.959 bits per heavy atom. The number of anilines is 1. The van der Waals surface area contributed by atoms with E-state index in [4.69, 9.17) is 14.5 Å². The summed E-state index contributed by atoms with van der Waals surface area (Å²) < 4.78 is 40.6. The molecule has 5 aromatic rings. The largest absolute Gasteiger partial charge is 0.491 e. The average Bonchev–Trinajstić information content (AvgIpc) is 3.74. The Hall–Kier alpha value is -4.28. The molecule has 3 aromatic carbocycles. The summed E-state index contributed by atoms with van der Waals surface area (Å²) in [7, 11) is -1.22. The molecule has 0 saturated heterocycles. The Labute approximate surface area is 290 Å². The van der Waals surface area contributed by atoms with Crippen molar-refractivity contribution in [1.82, 2.24) is 19.5 Å². The number of hydrogen-bond acceptors (Lipinski definition) is 6. The lowest BCUT2D eigenvalue weighted by molar-refractivity contribution is 0.0981. The number of allylic oxidation sites excluding steroid dienone is 1. The minimum atomic E-state index is -1.22. The van der Waals surface area contributed by atoms with Crippen LogP contribution in [0.25, 0.3) is 33.8 Å². The maximum absolute atomic E-state index is 13.6. The molecule has 0 saturated carbocycles. The molecule has 1 aliphatic rings. The van der Waals surface area contributed by atoms with Crippen molar-refractivity contribution in [3.8, 4) is 16.9 Å². The van der Waals surface area contributed by atoms with Gasteiger partial charge >= 0.3 is 0 Å². The zero-order valence-electron chi connectivity index (χ0n) is 28.5. The molecule has 2 aromatic heterocycles. The van der Waals surface area contributed by atoms with Crippen molar-refractivity contribution in [1.29, 1.82) is 0 Å². The van der Waals surface area contributed by atoms with Gasteiger partial charge in [0.15, 0.2) is 0 Å². The van der Waals surface area contributed by atoms with E-state index < -0.39 is 17.5 Å². The molecule has 0 spiro atoms. The number of aromatic amines is 1. The van der Waals surface area contributed by atoms with Gasteiger partial charge in [-0.3, -0.25) is 4.21 Å². The summed E-state index contributed by atoms with van der Waals surface area (Å²) in [6, 6.07) is 20.3. The number of imidazole rings is 2. The summed E-state index contributed by atoms with van der Waals surface area (Å²) in [6.07, 6.45) is 10.6. The highest BCUT2D eigenvalue weighted by atomic mass is 32.2. The minimum absolute atomic E-state index is 0.355. The van der Waals surface area contributed by atoms with Gasteiger partial charge in [-0.1, -0.05) is 38.5 Å². The number of hydrogen-bond donors (Lipinski definition) is 1. The van der Waals surface area contributed by atoms with Crippen molar-refractivity contribution in [2.75, 3.05) is 44.5 Å². The van der Waals surface area contributed by atoms with Gasteiger partial charge in [-0.2, -0.15) is 0 Å². The second kappa shape index (κ2) is 16.9. The van der Waals surface area contributed by atoms with Gasteiger partial charge < -0.3 is 23.9 Å². The smallest absolute Gasteiger partial charge is 0.134 e. The molecule has 1 aliphatic heterocycles. The van der Waals surface area contributed by atoms with Crippen LogP contribution in [0.4, 0.5) is 10.1 Å². The summed E-state index contributed by atoms with van der Waals surface area (Å²) in [5.74, 6) is 2.02. The van der Waals surface area contributed by atoms with Gasteiger partial charge in [-0.15, -0.1) is 0 Å². The highest BCUT2D eigenvalue weighted by molar-refractivity contribution is 7.84. The van der Waals surface area contributed by atoms with Gasteiger partial charge in [-0.05, 0) is 96.5 Å². The fraction of sp³-hybridized carbons (Fsp3) is 0.385. The lowest BCUT2D eigenvalue weighted by atomic mass is 9.96. The first-order chi connectivity index (χ1) is 24.1. The zero-order chi connectivity index (χ0) is 34.0. The molecule has 3 heterocycles. The van der Waals surface area contributed by atoms with Crippen LogP contribution in [0.3, 0.4) is 0 Å². The van der Waals surface area contributed by atoms with Crippen molar-refractivity contribution in [3.05, 3.63) is 90.3 Å². The van der Waals surface area contributed by atoms with Crippen LogP contribution in [0.15, 0.2) is 78.1 Å². The van der Waals surface area contributed by atoms with Crippen LogP contribution in [-0.2, 0) is 27.8 Å². The van der Waals surface area contributed by atoms with E-state index in [1.54, 1.807) is 12.5 Å². The summed E-state index contributed by atoms with van der Waals surface area (Å²) in [6.45, 7) is 7.69. The molecule has 8 nitrogen and oxygen atoms in total. The molecule has 6 rings (SSSR count). The van der Waals surface area contributed by atoms with Crippen molar-refractivity contribution in [3.63, 3.8) is 0 Å². The lowest BCUT2D eigenvalue weighted by Crippen LogP contribution is -2.28. The van der Waals surface area contributed by atoms with Crippen LogP contribution < -0.4 is 9.64 Å². The number of nitrogens with one attached hydrogen (secondary N) is 1. The van der Waals surface area contributed by atoms with Gasteiger partial charge in [0.05, 0.1) is 46.2 Å². The third-order valence-electron chi connectivity index (χ3n) is 8.82. The Balaban J connectivity index is 1.24. The van der Waals surface area contributed by atoms with Gasteiger partial charge in [0, 0.05) is 43.0 Å². The first-order valence-corrected chi connectivity index (χ1v) is 18.7. The second-order valence-corrected chi connectivity index (χ2v) is 13.8. The minimum Gasteiger partial charge on any atom is -0.491 e. The number of H-pyrrole nitrogens is 1. The monoisotopic (exact) mass is 683 g/mol. The van der Waals surface area contributed by atoms with Gasteiger partial charge in [0.2, 0.25) is 0 Å². The Morgan fingerprint density at radius 2 is 1.82 bits per heavy atom. The number of halogens is 1. The van der Waals surface area contributed by atoms with E-state index in [2.05, 4.69) is 69.7 Å². The fourth-order valence-corrected chi connectivity index (χ4v) is 7.37. The van der Waals surface area contributed by atoms with Crippen molar-refractivity contribution < 1.29 is 18.1 Å². The molecule has 0 bridgehead atoms. The maximum atomic E-state index is 13.6. The number of aromatic nitrogens is 4. The quantitative estimate of drug-likeness (QED) is 0.105. The standard InChI is InChI=1S/C39H46FN5O3S/c1-3-5-20-47-21-22-48-34-11-8-29(9-12-34)30-10-15-38-32(23-30)24-31(7-6-18-44(38)19-16-40)39-42-36-14-13-35(25-37(36)43-39)49(46)27-33-26-41-28-45(33)17-4-2/h8-15,23-26,28H,3-7,16-22,27H2,1-2H3,(H,42,43)/b31-24+/t49-/m1/s1. The molecule has 258 valence electrons. The number of ether oxygens (including phenoxy) is 2. The van der Waals surface area contributed by atoms with Gasteiger partial charge in [-0.25, -0.2) is 14.4 Å². The zero-order valence-corrected chi connectivity index (χ0v) is 29.3. The summed E-state index contributed by atoms with van der Waals surface area (Å²) in [5.41, 5.74) is 7.93. The molecule has 49 heavy (non-hydrogen) atoms. The maximum Gasteiger partial charge on any atom is 0.134 e. The molecule has 1 atom stereocenters. The molecule has 0 amide bonds. The van der Waals surface area contributed by atoms with Crippen LogP contribution in [0.1, 0.15) is 63.0 Å². The number of nitrogens with zero attached hydrogens (tertiary/aromatic N) is 4. The lowest BCUT2D eigenvalue weighted by Gasteiger charge is -2.28. The SMILES string of the molecule is CCCCOCCOc1ccc(-c2ccc3c(c2)/C=C(/c2nc4ccc([S@](=O)Cc5cncn5CCC)cc4[nH]2)CCCN3CCF)cc1. The third-order valence-corrected chi connectivity index (χ3v) is 10.2. The van der Waals surface area contributed by atoms with Crippen molar-refractivity contribution >= 4 is 39.2 Å². The van der Waals surface area contributed by atoms with Crippen LogP contribution in [-0.4, -0.2) is 63.3 Å². The average molecular weight is 684 g/mol. The summed E-state index contributed by atoms with van der Waals surface area (Å²) >= 11 is 0. The highest BCUT2D eigenvalue weighted by Crippen LogP contribution is 2.35. The Bertz CT molecular complexity index is 1880. The summed E-state index contributed by atoms with van der Waals surface area (Å²) in [5, 5.41) is 0. The van der Waals surface area contributed by atoms with E-state index >= 15 is 0 Å². The molecule has 0 fully saturated rings. The van der Waals surface area contributed by atoms with Crippen LogP contribution in [0.5, 0.6) is 5.75 Å². The fourth-order valence-electron chi connectivity index (χ4n) is 6.22. The molecule has 0 radical (unpaired) electrons. The Kier molecular flexibility index (Phi) is 11.9. The van der Waals surface area contributed by atoms with Crippen LogP contribution >= 0.6 is 0 Å². The van der Waals surface area contributed by atoms with E-state index in [9.17, 15) is 8.60 Å². The van der Waals surface area contributed by atoms with Gasteiger partial charge in [0.1, 0.15) is 24.9 Å². The normalized spacial score (nSPS) is 15.0. The Morgan fingerprint density at radius 3 is 2.63 bits per heavy atom. The van der Waals surface area contributed by atoms with E-state index in [1.807, 2.05) is 30.3 Å². The van der Waals surface area contributed by atoms with Gasteiger partial charge in [0.25, 0.3) is 0 Å². The van der Waals surface area contributed by atoms with Crippen molar-refractivity contribution in [2.45, 2.75) is 63.1 Å². The first kappa shape index (κ1) is 34.6. The number of benzene rings is 3. The molecule has 10 heteroatoms. The van der Waals surface area contributed by atoms with E-state index in [1.165, 1.54) is 0 Å². The molecule has 0 aliphatic carbocycles. The number of rotatable bonds is 16. The first-order valence-electron chi connectivity index (χ1n) is 17.4. The topological polar surface area (TPSA) is 85.3 Å². The van der Waals surface area contributed by atoms with Crippen LogP contribution in [0, 0.1) is 0 Å². The van der Waals surface area contributed by atoms with E-state index in [0.717, 1.165) is 113 Å². The molecular weight excluding hydrogens is 638 g/mol. The predicted molar refractivity (Wildman–Crippen MR) is 197 cm³/mol. The van der Waals surface area contributed by atoms with Crippen LogP contribution in [0.2, 0.25) is 0 Å². The number of unbranched alkanes of at least 4 members (excludes halogenated alkanes) is 1.